The van der Waals surface area contributed by atoms with Crippen LogP contribution in [0.3, 0.4) is 0 Å². The monoisotopic (exact) mass is 521 g/mol. The fraction of sp³-hybridized carbons (Fsp3) is 0.250. The lowest BCUT2D eigenvalue weighted by Crippen LogP contribution is -2.25. The molecule has 192 valence electrons. The van der Waals surface area contributed by atoms with E-state index >= 15 is 0 Å². The lowest BCUT2D eigenvalue weighted by Gasteiger charge is -2.17. The number of aromatic hydroxyl groups is 1. The van der Waals surface area contributed by atoms with Crippen LogP contribution in [0.2, 0.25) is 0 Å². The van der Waals surface area contributed by atoms with Gasteiger partial charge in [-0.2, -0.15) is 9.37 Å². The number of hydrogen-bond acceptors (Lipinski definition) is 6. The molecule has 0 amide bonds. The van der Waals surface area contributed by atoms with E-state index in [9.17, 15) is 22.7 Å². The summed E-state index contributed by atoms with van der Waals surface area (Å²) in [5, 5.41) is 11.2. The molecule has 0 bridgehead atoms. The summed E-state index contributed by atoms with van der Waals surface area (Å²) in [6.45, 7) is 3.80. The molecule has 0 atom stereocenters. The van der Waals surface area contributed by atoms with E-state index in [-0.39, 0.29) is 11.4 Å². The van der Waals surface area contributed by atoms with Crippen molar-refractivity contribution in [3.8, 4) is 17.0 Å². The Kier molecular flexibility index (Phi) is 7.83. The molecular formula is C28H28FN3O4S. The predicted molar refractivity (Wildman–Crippen MR) is 139 cm³/mol. The highest BCUT2D eigenvalue weighted by atomic mass is 32.2. The van der Waals surface area contributed by atoms with Crippen molar-refractivity contribution in [3.63, 3.8) is 0 Å². The molecule has 2 aromatic heterocycles. The van der Waals surface area contributed by atoms with Gasteiger partial charge in [-0.05, 0) is 48.2 Å². The van der Waals surface area contributed by atoms with Gasteiger partial charge in [0.2, 0.25) is 21.7 Å². The van der Waals surface area contributed by atoms with E-state index in [1.165, 1.54) is 35.0 Å². The number of unbranched alkanes of at least 4 members (excludes halogenated alkanes) is 2. The highest BCUT2D eigenvalue weighted by Crippen LogP contribution is 2.30. The molecule has 0 unspecified atom stereocenters. The van der Waals surface area contributed by atoms with Gasteiger partial charge in [-0.15, -0.1) is 0 Å². The molecule has 0 saturated heterocycles. The summed E-state index contributed by atoms with van der Waals surface area (Å²) in [4.78, 5) is 19.8. The molecule has 0 aliphatic heterocycles. The number of aryl methyl sites for hydroxylation is 1. The maximum atomic E-state index is 13.9. The molecular weight excluding hydrogens is 493 g/mol. The molecule has 2 aromatic carbocycles. The zero-order valence-corrected chi connectivity index (χ0v) is 21.5. The molecule has 9 heteroatoms. The quantitative estimate of drug-likeness (QED) is 0.244. The third-order valence-electron chi connectivity index (χ3n) is 6.27. The van der Waals surface area contributed by atoms with Gasteiger partial charge in [0, 0.05) is 18.2 Å². The lowest BCUT2D eigenvalue weighted by molar-refractivity contribution is 0.387. The first kappa shape index (κ1) is 26.2. The maximum Gasteiger partial charge on any atom is 0.296 e. The normalized spacial score (nSPS) is 11.5. The number of benzene rings is 2. The maximum absolute atomic E-state index is 13.9. The Hall–Kier alpha value is -3.85. The highest BCUT2D eigenvalue weighted by Gasteiger charge is 2.29. The van der Waals surface area contributed by atoms with Gasteiger partial charge in [0.05, 0.1) is 11.4 Å². The van der Waals surface area contributed by atoms with Gasteiger partial charge in [0.25, 0.3) is 5.56 Å². The van der Waals surface area contributed by atoms with Crippen LogP contribution in [-0.4, -0.2) is 28.1 Å². The highest BCUT2D eigenvalue weighted by molar-refractivity contribution is 7.91. The Morgan fingerprint density at radius 3 is 2.38 bits per heavy atom. The van der Waals surface area contributed by atoms with Crippen molar-refractivity contribution >= 4 is 9.84 Å². The Morgan fingerprint density at radius 1 is 1.00 bits per heavy atom. The molecule has 1 N–H and O–H groups in total. The van der Waals surface area contributed by atoms with E-state index < -0.39 is 32.1 Å². The predicted octanol–water partition coefficient (Wildman–Crippen LogP) is 5.07. The van der Waals surface area contributed by atoms with E-state index in [0.29, 0.717) is 28.9 Å². The van der Waals surface area contributed by atoms with Gasteiger partial charge in [-0.1, -0.05) is 62.2 Å². The largest absolute Gasteiger partial charge is 0.493 e. The Balaban J connectivity index is 1.78. The van der Waals surface area contributed by atoms with Gasteiger partial charge in [0.1, 0.15) is 5.82 Å². The molecule has 2 heterocycles. The molecule has 0 saturated carbocycles. The zero-order valence-electron chi connectivity index (χ0n) is 20.7. The van der Waals surface area contributed by atoms with Crippen molar-refractivity contribution in [2.24, 2.45) is 0 Å². The summed E-state index contributed by atoms with van der Waals surface area (Å²) in [6.07, 6.45) is 4.39. The summed E-state index contributed by atoms with van der Waals surface area (Å²) in [6, 6.07) is 16.6. The van der Waals surface area contributed by atoms with Crippen molar-refractivity contribution in [1.29, 1.82) is 0 Å². The standard InChI is InChI=1S/C28H28FN3O4S/c1-3-4-6-11-24-31-27(33)25(28(34)32(24)18-20-9-7-5-8-10-20)37(35,36)22-14-12-21(13-15-22)23-16-17-30-26(29)19(23)2/h5,7-10,12-17,34H,3-4,6,11,18H2,1-2H3. The smallest absolute Gasteiger partial charge is 0.296 e. The summed E-state index contributed by atoms with van der Waals surface area (Å²) in [7, 11) is -4.41. The van der Waals surface area contributed by atoms with Gasteiger partial charge in [-0.25, -0.2) is 13.4 Å². The topological polar surface area (TPSA) is 102 Å². The zero-order chi connectivity index (χ0) is 26.6. The van der Waals surface area contributed by atoms with Crippen molar-refractivity contribution in [3.05, 3.63) is 100 Å². The first-order chi connectivity index (χ1) is 17.7. The molecule has 7 nitrogen and oxygen atoms in total. The van der Waals surface area contributed by atoms with Crippen molar-refractivity contribution in [2.75, 3.05) is 0 Å². The van der Waals surface area contributed by atoms with Gasteiger partial charge in [0.15, 0.2) is 4.90 Å². The van der Waals surface area contributed by atoms with E-state index in [1.807, 2.05) is 30.3 Å². The van der Waals surface area contributed by atoms with E-state index in [2.05, 4.69) is 16.9 Å². The summed E-state index contributed by atoms with van der Waals surface area (Å²) in [5.74, 6) is -0.904. The van der Waals surface area contributed by atoms with Crippen LogP contribution in [0.1, 0.15) is 43.1 Å². The third kappa shape index (κ3) is 5.46. The third-order valence-corrected chi connectivity index (χ3v) is 8.06. The van der Waals surface area contributed by atoms with Crippen molar-refractivity contribution in [2.45, 2.75) is 55.9 Å². The molecule has 37 heavy (non-hydrogen) atoms. The molecule has 4 rings (SSSR count). The SMILES string of the molecule is CCCCCc1nc(=O)c(S(=O)(=O)c2ccc(-c3ccnc(F)c3C)cc2)c(O)n1Cc1ccccc1. The average Bonchev–Trinajstić information content (AvgIpc) is 2.88. The number of rotatable bonds is 9. The van der Waals surface area contributed by atoms with Crippen LogP contribution in [0.4, 0.5) is 4.39 Å². The van der Waals surface area contributed by atoms with Crippen molar-refractivity contribution < 1.29 is 17.9 Å². The number of aromatic nitrogens is 3. The van der Waals surface area contributed by atoms with Gasteiger partial charge >= 0.3 is 0 Å². The van der Waals surface area contributed by atoms with Crippen LogP contribution in [0, 0.1) is 12.9 Å². The summed E-state index contributed by atoms with van der Waals surface area (Å²) >= 11 is 0. The molecule has 0 spiro atoms. The second-order valence-corrected chi connectivity index (χ2v) is 10.7. The van der Waals surface area contributed by atoms with Crippen LogP contribution in [0.25, 0.3) is 11.1 Å². The molecule has 0 aliphatic rings. The van der Waals surface area contributed by atoms with Crippen LogP contribution < -0.4 is 5.56 Å². The van der Waals surface area contributed by atoms with Gasteiger partial charge in [-0.3, -0.25) is 9.36 Å². The van der Waals surface area contributed by atoms with E-state index in [0.717, 1.165) is 24.8 Å². The molecule has 4 aromatic rings. The number of halogens is 1. The van der Waals surface area contributed by atoms with Crippen molar-refractivity contribution in [1.82, 2.24) is 14.5 Å². The van der Waals surface area contributed by atoms with E-state index in [1.54, 1.807) is 13.0 Å². The first-order valence-corrected chi connectivity index (χ1v) is 13.6. The molecule has 0 fully saturated rings. The van der Waals surface area contributed by atoms with E-state index in [4.69, 9.17) is 0 Å². The van der Waals surface area contributed by atoms with Crippen LogP contribution >= 0.6 is 0 Å². The number of nitrogens with zero attached hydrogens (tertiary/aromatic N) is 3. The number of hydrogen-bond donors (Lipinski definition) is 1. The minimum absolute atomic E-state index is 0.162. The number of sulfone groups is 1. The second-order valence-electron chi connectivity index (χ2n) is 8.82. The van der Waals surface area contributed by atoms with Crippen LogP contribution in [0.5, 0.6) is 5.88 Å². The summed E-state index contributed by atoms with van der Waals surface area (Å²) < 4.78 is 42.4. The molecule has 0 aliphatic carbocycles. The lowest BCUT2D eigenvalue weighted by atomic mass is 10.0. The fourth-order valence-corrected chi connectivity index (χ4v) is 5.57. The minimum atomic E-state index is -4.41. The average molecular weight is 522 g/mol. The Bertz CT molecular complexity index is 1570. The number of pyridine rings is 1. The van der Waals surface area contributed by atoms with Crippen LogP contribution in [-0.2, 0) is 22.8 Å². The Labute approximate surface area is 215 Å². The molecule has 0 radical (unpaired) electrons. The second kappa shape index (κ2) is 11.0. The first-order valence-electron chi connectivity index (χ1n) is 12.1. The minimum Gasteiger partial charge on any atom is -0.493 e. The van der Waals surface area contributed by atoms with Crippen LogP contribution in [0.15, 0.2) is 81.4 Å². The Morgan fingerprint density at radius 2 is 1.70 bits per heavy atom. The summed E-state index contributed by atoms with van der Waals surface area (Å²) in [5.41, 5.74) is 1.33. The van der Waals surface area contributed by atoms with Gasteiger partial charge < -0.3 is 5.11 Å². The fourth-order valence-electron chi connectivity index (χ4n) is 4.21.